The SMILES string of the molecule is Cc1nn(C)c(C)c1OCC(=O)N1CCC[C@@H](N)C1. The Morgan fingerprint density at radius 3 is 2.84 bits per heavy atom. The van der Waals surface area contributed by atoms with E-state index in [1.807, 2.05) is 20.9 Å². The average Bonchev–Trinajstić information content (AvgIpc) is 2.61. The van der Waals surface area contributed by atoms with Gasteiger partial charge in [0.05, 0.1) is 5.69 Å². The summed E-state index contributed by atoms with van der Waals surface area (Å²) in [5.74, 6) is 0.704. The van der Waals surface area contributed by atoms with Gasteiger partial charge in [-0.25, -0.2) is 0 Å². The molecule has 1 atom stereocenters. The lowest BCUT2D eigenvalue weighted by Crippen LogP contribution is -2.47. The lowest BCUT2D eigenvalue weighted by Gasteiger charge is -2.30. The molecule has 1 fully saturated rings. The quantitative estimate of drug-likeness (QED) is 0.857. The minimum atomic E-state index is -0.00203. The van der Waals surface area contributed by atoms with E-state index in [4.69, 9.17) is 10.5 Å². The maximum absolute atomic E-state index is 12.1. The molecule has 0 radical (unpaired) electrons. The summed E-state index contributed by atoms with van der Waals surface area (Å²) in [5.41, 5.74) is 7.61. The number of aromatic nitrogens is 2. The third-order valence-corrected chi connectivity index (χ3v) is 3.59. The number of hydrogen-bond donors (Lipinski definition) is 1. The van der Waals surface area contributed by atoms with Gasteiger partial charge >= 0.3 is 0 Å². The summed E-state index contributed by atoms with van der Waals surface area (Å²) in [7, 11) is 1.86. The number of aryl methyl sites for hydroxylation is 2. The van der Waals surface area contributed by atoms with Gasteiger partial charge in [0, 0.05) is 26.2 Å². The van der Waals surface area contributed by atoms with Crippen molar-refractivity contribution in [3.05, 3.63) is 11.4 Å². The zero-order chi connectivity index (χ0) is 14.0. The molecule has 1 saturated heterocycles. The lowest BCUT2D eigenvalue weighted by molar-refractivity contribution is -0.134. The maximum Gasteiger partial charge on any atom is 0.260 e. The molecule has 1 aromatic heterocycles. The zero-order valence-electron chi connectivity index (χ0n) is 11.8. The highest BCUT2D eigenvalue weighted by molar-refractivity contribution is 5.78. The summed E-state index contributed by atoms with van der Waals surface area (Å²) in [5, 5.41) is 4.26. The summed E-state index contributed by atoms with van der Waals surface area (Å²) in [4.78, 5) is 13.9. The maximum atomic E-state index is 12.1. The van der Waals surface area contributed by atoms with Gasteiger partial charge in [0.2, 0.25) is 0 Å². The van der Waals surface area contributed by atoms with Crippen molar-refractivity contribution in [3.8, 4) is 5.75 Å². The number of nitrogens with two attached hydrogens (primary N) is 1. The molecule has 0 bridgehead atoms. The fourth-order valence-electron chi connectivity index (χ4n) is 2.42. The molecule has 0 aromatic carbocycles. The number of rotatable bonds is 3. The van der Waals surface area contributed by atoms with Gasteiger partial charge in [-0.15, -0.1) is 0 Å². The van der Waals surface area contributed by atoms with Crippen molar-refractivity contribution in [2.24, 2.45) is 12.8 Å². The Morgan fingerprint density at radius 1 is 1.53 bits per heavy atom. The molecule has 1 aliphatic rings. The standard InChI is InChI=1S/C13H22N4O2/c1-9-13(10(2)16(3)15-9)19-8-12(18)17-6-4-5-11(14)7-17/h11H,4-8,14H2,1-3H3/t11-/m1/s1. The fraction of sp³-hybridized carbons (Fsp3) is 0.692. The van der Waals surface area contributed by atoms with Crippen LogP contribution in [0.4, 0.5) is 0 Å². The number of carbonyl (C=O) groups excluding carboxylic acids is 1. The number of likely N-dealkylation sites (tertiary alicyclic amines) is 1. The smallest absolute Gasteiger partial charge is 0.260 e. The van der Waals surface area contributed by atoms with Crippen LogP contribution in [0.25, 0.3) is 0 Å². The molecule has 0 unspecified atom stereocenters. The number of nitrogens with zero attached hydrogens (tertiary/aromatic N) is 3. The largest absolute Gasteiger partial charge is 0.480 e. The molecule has 6 nitrogen and oxygen atoms in total. The van der Waals surface area contributed by atoms with E-state index in [-0.39, 0.29) is 18.6 Å². The van der Waals surface area contributed by atoms with Gasteiger partial charge in [-0.3, -0.25) is 9.48 Å². The van der Waals surface area contributed by atoms with Crippen molar-refractivity contribution in [1.29, 1.82) is 0 Å². The van der Waals surface area contributed by atoms with Gasteiger partial charge in [0.1, 0.15) is 5.69 Å². The Bertz CT molecular complexity index is 469. The Balaban J connectivity index is 1.93. The molecule has 2 N–H and O–H groups in total. The molecule has 0 saturated carbocycles. The van der Waals surface area contributed by atoms with Gasteiger partial charge in [0.15, 0.2) is 12.4 Å². The fourth-order valence-corrected chi connectivity index (χ4v) is 2.42. The van der Waals surface area contributed by atoms with E-state index in [0.717, 1.165) is 30.8 Å². The molecular weight excluding hydrogens is 244 g/mol. The zero-order valence-corrected chi connectivity index (χ0v) is 11.8. The second-order valence-corrected chi connectivity index (χ2v) is 5.15. The first kappa shape index (κ1) is 13.9. The Morgan fingerprint density at radius 2 is 2.26 bits per heavy atom. The van der Waals surface area contributed by atoms with Crippen molar-refractivity contribution in [2.45, 2.75) is 32.7 Å². The van der Waals surface area contributed by atoms with E-state index in [1.54, 1.807) is 9.58 Å². The highest BCUT2D eigenvalue weighted by Crippen LogP contribution is 2.21. The molecule has 106 valence electrons. The van der Waals surface area contributed by atoms with E-state index in [1.165, 1.54) is 0 Å². The van der Waals surface area contributed by atoms with Crippen LogP contribution in [0.1, 0.15) is 24.2 Å². The summed E-state index contributed by atoms with van der Waals surface area (Å²) in [6, 6.07) is 0.0968. The summed E-state index contributed by atoms with van der Waals surface area (Å²) in [6.07, 6.45) is 1.96. The third-order valence-electron chi connectivity index (χ3n) is 3.59. The van der Waals surface area contributed by atoms with Crippen molar-refractivity contribution < 1.29 is 9.53 Å². The van der Waals surface area contributed by atoms with Crippen LogP contribution in [0, 0.1) is 13.8 Å². The van der Waals surface area contributed by atoms with Crippen molar-refractivity contribution >= 4 is 5.91 Å². The first-order valence-electron chi connectivity index (χ1n) is 6.65. The molecule has 1 aromatic rings. The molecule has 2 heterocycles. The lowest BCUT2D eigenvalue weighted by atomic mass is 10.1. The van der Waals surface area contributed by atoms with Crippen LogP contribution in [-0.2, 0) is 11.8 Å². The number of ether oxygens (including phenoxy) is 1. The number of amides is 1. The summed E-state index contributed by atoms with van der Waals surface area (Å²) >= 11 is 0. The minimum absolute atomic E-state index is 0.00203. The molecule has 1 aliphatic heterocycles. The third kappa shape index (κ3) is 3.07. The van der Waals surface area contributed by atoms with Crippen LogP contribution in [0.3, 0.4) is 0 Å². The first-order valence-corrected chi connectivity index (χ1v) is 6.65. The second kappa shape index (κ2) is 5.61. The van der Waals surface area contributed by atoms with Crippen LogP contribution in [0.5, 0.6) is 5.75 Å². The highest BCUT2D eigenvalue weighted by Gasteiger charge is 2.22. The average molecular weight is 266 g/mol. The predicted molar refractivity (Wildman–Crippen MR) is 72.0 cm³/mol. The Labute approximate surface area is 113 Å². The Kier molecular flexibility index (Phi) is 4.09. The van der Waals surface area contributed by atoms with E-state index in [9.17, 15) is 4.79 Å². The molecular formula is C13H22N4O2. The first-order chi connectivity index (χ1) is 8.99. The van der Waals surface area contributed by atoms with Gasteiger partial charge in [-0.05, 0) is 26.7 Å². The molecule has 0 aliphatic carbocycles. The predicted octanol–water partition coefficient (Wildman–Crippen LogP) is 0.365. The van der Waals surface area contributed by atoms with Gasteiger partial charge in [-0.1, -0.05) is 0 Å². The molecule has 19 heavy (non-hydrogen) atoms. The van der Waals surface area contributed by atoms with E-state index < -0.39 is 0 Å². The normalized spacial score (nSPS) is 19.6. The van der Waals surface area contributed by atoms with E-state index in [2.05, 4.69) is 5.10 Å². The van der Waals surface area contributed by atoms with Crippen LogP contribution in [0.2, 0.25) is 0 Å². The highest BCUT2D eigenvalue weighted by atomic mass is 16.5. The summed E-state index contributed by atoms with van der Waals surface area (Å²) < 4.78 is 7.38. The Hall–Kier alpha value is -1.56. The number of hydrogen-bond acceptors (Lipinski definition) is 4. The topological polar surface area (TPSA) is 73.4 Å². The number of piperidine rings is 1. The van der Waals surface area contributed by atoms with Crippen LogP contribution < -0.4 is 10.5 Å². The van der Waals surface area contributed by atoms with Crippen LogP contribution in [-0.4, -0.2) is 46.3 Å². The monoisotopic (exact) mass is 266 g/mol. The van der Waals surface area contributed by atoms with Crippen molar-refractivity contribution in [2.75, 3.05) is 19.7 Å². The molecule has 2 rings (SSSR count). The van der Waals surface area contributed by atoms with Crippen LogP contribution >= 0.6 is 0 Å². The van der Waals surface area contributed by atoms with Crippen LogP contribution in [0.15, 0.2) is 0 Å². The summed E-state index contributed by atoms with van der Waals surface area (Å²) in [6.45, 7) is 5.27. The van der Waals surface area contributed by atoms with Gasteiger partial charge in [0.25, 0.3) is 5.91 Å². The van der Waals surface area contributed by atoms with E-state index >= 15 is 0 Å². The van der Waals surface area contributed by atoms with Gasteiger partial charge in [-0.2, -0.15) is 5.10 Å². The van der Waals surface area contributed by atoms with Crippen molar-refractivity contribution in [1.82, 2.24) is 14.7 Å². The van der Waals surface area contributed by atoms with E-state index in [0.29, 0.717) is 12.3 Å². The number of carbonyl (C=O) groups is 1. The molecule has 6 heteroatoms. The van der Waals surface area contributed by atoms with Crippen molar-refractivity contribution in [3.63, 3.8) is 0 Å². The molecule has 0 spiro atoms. The second-order valence-electron chi connectivity index (χ2n) is 5.15. The minimum Gasteiger partial charge on any atom is -0.480 e. The van der Waals surface area contributed by atoms with Gasteiger partial charge < -0.3 is 15.4 Å². The molecule has 1 amide bonds.